The number of aromatic nitrogens is 4. The first kappa shape index (κ1) is 20.4. The minimum Gasteiger partial charge on any atom is -0.429 e. The molecule has 9 nitrogen and oxygen atoms in total. The summed E-state index contributed by atoms with van der Waals surface area (Å²) in [5.41, 5.74) is 6.61. The van der Waals surface area contributed by atoms with E-state index < -0.39 is 23.2 Å². The highest BCUT2D eigenvalue weighted by Crippen LogP contribution is 2.37. The molecular formula is C20H23N5O4. The third kappa shape index (κ3) is 4.40. The molecule has 0 saturated heterocycles. The van der Waals surface area contributed by atoms with Crippen molar-refractivity contribution in [3.8, 4) is 0 Å². The number of ether oxygens (including phenoxy) is 2. The van der Waals surface area contributed by atoms with Gasteiger partial charge in [0.05, 0.1) is 18.9 Å². The van der Waals surface area contributed by atoms with Gasteiger partial charge in [-0.2, -0.15) is 0 Å². The lowest BCUT2D eigenvalue weighted by molar-refractivity contribution is -0.144. The average Bonchev–Trinajstić information content (AvgIpc) is 3.11. The molecule has 9 heteroatoms. The van der Waals surface area contributed by atoms with Crippen LogP contribution in [-0.4, -0.2) is 31.6 Å². The Morgan fingerprint density at radius 1 is 1.14 bits per heavy atom. The van der Waals surface area contributed by atoms with Crippen molar-refractivity contribution in [2.75, 3.05) is 0 Å². The second-order valence-electron chi connectivity index (χ2n) is 7.70. The molecule has 0 amide bonds. The molecule has 0 saturated carbocycles. The fourth-order valence-electron chi connectivity index (χ4n) is 2.87. The average molecular weight is 397 g/mol. The molecule has 29 heavy (non-hydrogen) atoms. The maximum absolute atomic E-state index is 12.5. The van der Waals surface area contributed by atoms with Gasteiger partial charge in [-0.3, -0.25) is 9.36 Å². The van der Waals surface area contributed by atoms with Crippen LogP contribution >= 0.6 is 0 Å². The van der Waals surface area contributed by atoms with Crippen LogP contribution in [0, 0.1) is 5.41 Å². The van der Waals surface area contributed by atoms with Crippen molar-refractivity contribution in [3.05, 3.63) is 54.7 Å². The lowest BCUT2D eigenvalue weighted by Gasteiger charge is -2.41. The van der Waals surface area contributed by atoms with Gasteiger partial charge in [0, 0.05) is 0 Å². The molecule has 0 aliphatic carbocycles. The summed E-state index contributed by atoms with van der Waals surface area (Å²) in [5, 5.41) is 0. The molecule has 2 N–H and O–H groups in total. The van der Waals surface area contributed by atoms with Gasteiger partial charge in [0.2, 0.25) is 0 Å². The minimum absolute atomic E-state index is 0.00305. The number of nitrogens with zero attached hydrogens (tertiary/aromatic N) is 4. The van der Waals surface area contributed by atoms with Gasteiger partial charge >= 0.3 is 12.1 Å². The molecule has 1 aromatic carbocycles. The van der Waals surface area contributed by atoms with E-state index in [-0.39, 0.29) is 13.0 Å². The first-order chi connectivity index (χ1) is 13.7. The number of esters is 1. The molecule has 1 atom stereocenters. The predicted molar refractivity (Wildman–Crippen MR) is 104 cm³/mol. The largest absolute Gasteiger partial charge is 0.516 e. The van der Waals surface area contributed by atoms with Gasteiger partial charge in [-0.15, -0.1) is 0 Å². The van der Waals surface area contributed by atoms with Crippen LogP contribution in [0.5, 0.6) is 0 Å². The van der Waals surface area contributed by atoms with Crippen LogP contribution in [0.3, 0.4) is 0 Å². The van der Waals surface area contributed by atoms with Crippen LogP contribution in [0.2, 0.25) is 0 Å². The Labute approximate surface area is 167 Å². The number of hydrogen-bond donors (Lipinski definition) is 1. The Kier molecular flexibility index (Phi) is 5.60. The number of fused-ring (bicyclic) bond motifs is 1. The smallest absolute Gasteiger partial charge is 0.429 e. The molecule has 3 aromatic rings. The van der Waals surface area contributed by atoms with E-state index >= 15 is 0 Å². The Balaban J connectivity index is 1.73. The minimum atomic E-state index is -1.26. The van der Waals surface area contributed by atoms with Gasteiger partial charge in [0.15, 0.2) is 5.65 Å². The van der Waals surface area contributed by atoms with Crippen molar-refractivity contribution in [3.63, 3.8) is 0 Å². The number of carbonyl (C=O) groups is 2. The number of rotatable bonds is 5. The van der Waals surface area contributed by atoms with Gasteiger partial charge in [-0.25, -0.2) is 19.7 Å². The van der Waals surface area contributed by atoms with E-state index in [2.05, 4.69) is 15.0 Å². The summed E-state index contributed by atoms with van der Waals surface area (Å²) < 4.78 is 11.4. The van der Waals surface area contributed by atoms with Gasteiger partial charge < -0.3 is 15.2 Å². The van der Waals surface area contributed by atoms with Crippen molar-refractivity contribution in [1.82, 2.24) is 19.5 Å². The van der Waals surface area contributed by atoms with E-state index in [9.17, 15) is 9.59 Å². The molecule has 0 radical (unpaired) electrons. The van der Waals surface area contributed by atoms with E-state index in [0.717, 1.165) is 5.56 Å². The van der Waals surface area contributed by atoms with Crippen molar-refractivity contribution in [1.29, 1.82) is 0 Å². The maximum atomic E-state index is 12.5. The molecule has 2 heterocycles. The van der Waals surface area contributed by atoms with Crippen molar-refractivity contribution in [2.45, 2.75) is 39.5 Å². The van der Waals surface area contributed by atoms with Crippen molar-refractivity contribution >= 4 is 23.3 Å². The zero-order chi connectivity index (χ0) is 21.1. The molecule has 2 aromatic heterocycles. The molecule has 0 unspecified atom stereocenters. The number of imidazole rings is 1. The Hall–Kier alpha value is -3.33. The molecule has 0 aliphatic rings. The standard InChI is InChI=1S/C20H23N5O4/c1-19(2,3)20(21,25-13-24-15-10-22-12-23-17(15)25)9-16(26)29-18(27)28-11-14-7-5-4-6-8-14/h4-8,10,12-13H,9,11,21H2,1-3H3/t20-/m0/s1. The van der Waals surface area contributed by atoms with Crippen LogP contribution in [-0.2, 0) is 26.5 Å². The van der Waals surface area contributed by atoms with Gasteiger partial charge in [-0.05, 0) is 11.0 Å². The van der Waals surface area contributed by atoms with E-state index in [1.807, 2.05) is 39.0 Å². The molecule has 0 bridgehead atoms. The normalized spacial score (nSPS) is 13.7. The van der Waals surface area contributed by atoms with Crippen molar-refractivity contribution < 1.29 is 19.1 Å². The second-order valence-corrected chi connectivity index (χ2v) is 7.70. The second kappa shape index (κ2) is 7.96. The monoisotopic (exact) mass is 397 g/mol. The number of nitrogens with two attached hydrogens (primary N) is 1. The number of benzene rings is 1. The molecule has 0 fully saturated rings. The number of carbonyl (C=O) groups excluding carboxylic acids is 2. The summed E-state index contributed by atoms with van der Waals surface area (Å²) in [7, 11) is 0. The Morgan fingerprint density at radius 3 is 2.55 bits per heavy atom. The number of hydrogen-bond acceptors (Lipinski definition) is 8. The van der Waals surface area contributed by atoms with Crippen LogP contribution in [0.15, 0.2) is 49.2 Å². The third-order valence-corrected chi connectivity index (χ3v) is 4.75. The molecule has 3 rings (SSSR count). The summed E-state index contributed by atoms with van der Waals surface area (Å²) in [4.78, 5) is 36.8. The lowest BCUT2D eigenvalue weighted by Crippen LogP contribution is -2.54. The summed E-state index contributed by atoms with van der Waals surface area (Å²) in [5.74, 6) is -0.809. The molecular weight excluding hydrogens is 374 g/mol. The third-order valence-electron chi connectivity index (χ3n) is 4.75. The summed E-state index contributed by atoms with van der Waals surface area (Å²) in [6.07, 6.45) is 3.08. The highest BCUT2D eigenvalue weighted by molar-refractivity contribution is 5.82. The predicted octanol–water partition coefficient (Wildman–Crippen LogP) is 2.75. The van der Waals surface area contributed by atoms with Crippen LogP contribution in [0.4, 0.5) is 4.79 Å². The van der Waals surface area contributed by atoms with Gasteiger partial charge in [-0.1, -0.05) is 51.1 Å². The van der Waals surface area contributed by atoms with E-state index in [1.54, 1.807) is 22.9 Å². The fraction of sp³-hybridized carbons (Fsp3) is 0.350. The van der Waals surface area contributed by atoms with E-state index in [0.29, 0.717) is 11.2 Å². The summed E-state index contributed by atoms with van der Waals surface area (Å²) >= 11 is 0. The molecule has 152 valence electrons. The molecule has 0 aliphatic heterocycles. The van der Waals surface area contributed by atoms with E-state index in [1.165, 1.54) is 12.7 Å². The summed E-state index contributed by atoms with van der Waals surface area (Å²) in [6, 6.07) is 9.08. The van der Waals surface area contributed by atoms with Crippen molar-refractivity contribution in [2.24, 2.45) is 11.1 Å². The van der Waals surface area contributed by atoms with Gasteiger partial charge in [0.1, 0.15) is 24.1 Å². The maximum Gasteiger partial charge on any atom is 0.516 e. The van der Waals surface area contributed by atoms with Crippen LogP contribution < -0.4 is 5.73 Å². The Morgan fingerprint density at radius 2 is 1.86 bits per heavy atom. The zero-order valence-electron chi connectivity index (χ0n) is 16.5. The highest BCUT2D eigenvalue weighted by Gasteiger charge is 2.44. The van der Waals surface area contributed by atoms with Crippen LogP contribution in [0.25, 0.3) is 11.2 Å². The highest BCUT2D eigenvalue weighted by atomic mass is 16.7. The zero-order valence-corrected chi connectivity index (χ0v) is 16.5. The van der Waals surface area contributed by atoms with E-state index in [4.69, 9.17) is 15.2 Å². The quantitative estimate of drug-likeness (QED) is 0.515. The topological polar surface area (TPSA) is 122 Å². The first-order valence-electron chi connectivity index (χ1n) is 9.04. The molecule has 0 spiro atoms. The SMILES string of the molecule is CC(C)(C)[C@](N)(CC(=O)OC(=O)OCc1ccccc1)n1cnc2cncnc21. The first-order valence-corrected chi connectivity index (χ1v) is 9.04. The van der Waals surface area contributed by atoms with Crippen LogP contribution in [0.1, 0.15) is 32.8 Å². The van der Waals surface area contributed by atoms with Gasteiger partial charge in [0.25, 0.3) is 0 Å². The fourth-order valence-corrected chi connectivity index (χ4v) is 2.87. The lowest BCUT2D eigenvalue weighted by atomic mass is 9.78. The summed E-state index contributed by atoms with van der Waals surface area (Å²) in [6.45, 7) is 5.63. The Bertz CT molecular complexity index is 1010.